The normalized spacial score (nSPS) is 14.3. The van der Waals surface area contributed by atoms with Gasteiger partial charge in [0.2, 0.25) is 0 Å². The number of piperazine rings is 1. The summed E-state index contributed by atoms with van der Waals surface area (Å²) in [6, 6.07) is 7.15. The Morgan fingerprint density at radius 2 is 1.67 bits per heavy atom. The maximum Gasteiger partial charge on any atom is 0.264 e. The average molecular weight is 425 g/mol. The molecule has 1 aliphatic rings. The van der Waals surface area contributed by atoms with Gasteiger partial charge in [-0.15, -0.1) is 11.3 Å². The van der Waals surface area contributed by atoms with Gasteiger partial charge in [-0.05, 0) is 44.5 Å². The summed E-state index contributed by atoms with van der Waals surface area (Å²) in [5.41, 5.74) is 2.44. The monoisotopic (exact) mass is 424 g/mol. The van der Waals surface area contributed by atoms with E-state index in [2.05, 4.69) is 9.97 Å². The number of carbonyl (C=O) groups is 2. The van der Waals surface area contributed by atoms with Crippen LogP contribution in [0.4, 0.5) is 0 Å². The highest BCUT2D eigenvalue weighted by Crippen LogP contribution is 2.32. The van der Waals surface area contributed by atoms with Gasteiger partial charge in [0.05, 0.1) is 12.0 Å². The van der Waals surface area contributed by atoms with Crippen molar-refractivity contribution in [3.8, 4) is 5.75 Å². The topological polar surface area (TPSA) is 75.6 Å². The molecule has 0 unspecified atom stereocenters. The van der Waals surface area contributed by atoms with Gasteiger partial charge in [0.1, 0.15) is 16.4 Å². The van der Waals surface area contributed by atoms with Crippen LogP contribution in [0, 0.1) is 20.8 Å². The molecule has 30 heavy (non-hydrogen) atoms. The van der Waals surface area contributed by atoms with Crippen molar-refractivity contribution in [2.24, 2.45) is 0 Å². The Kier molecular flexibility index (Phi) is 5.42. The fourth-order valence-electron chi connectivity index (χ4n) is 3.87. The fourth-order valence-corrected chi connectivity index (χ4v) is 5.12. The summed E-state index contributed by atoms with van der Waals surface area (Å²) in [4.78, 5) is 40.1. The van der Waals surface area contributed by atoms with Crippen LogP contribution >= 0.6 is 11.3 Å². The third kappa shape index (κ3) is 3.63. The number of rotatable bonds is 3. The smallest absolute Gasteiger partial charge is 0.264 e. The van der Waals surface area contributed by atoms with E-state index in [1.54, 1.807) is 24.1 Å². The van der Waals surface area contributed by atoms with Crippen LogP contribution < -0.4 is 4.74 Å². The molecule has 3 heterocycles. The Bertz CT molecular complexity index is 1130. The number of amides is 2. The van der Waals surface area contributed by atoms with E-state index in [1.165, 1.54) is 11.3 Å². The first-order valence-electron chi connectivity index (χ1n) is 9.86. The van der Waals surface area contributed by atoms with Gasteiger partial charge >= 0.3 is 0 Å². The molecule has 0 bridgehead atoms. The molecule has 2 amide bonds. The summed E-state index contributed by atoms with van der Waals surface area (Å²) in [5, 5.41) is 0.973. The lowest BCUT2D eigenvalue weighted by Crippen LogP contribution is -2.50. The van der Waals surface area contributed by atoms with Crippen molar-refractivity contribution < 1.29 is 14.3 Å². The number of hydrogen-bond donors (Lipinski definition) is 0. The Morgan fingerprint density at radius 1 is 1.00 bits per heavy atom. The molecule has 1 aromatic carbocycles. The fraction of sp³-hybridized carbons (Fsp3) is 0.364. The van der Waals surface area contributed by atoms with E-state index in [1.807, 2.05) is 37.8 Å². The van der Waals surface area contributed by atoms with Crippen LogP contribution in [0.15, 0.2) is 24.3 Å². The molecule has 0 radical (unpaired) electrons. The molecular weight excluding hydrogens is 400 g/mol. The Hall–Kier alpha value is -3.00. The molecule has 0 N–H and O–H groups in total. The number of carbonyl (C=O) groups excluding carboxylic acids is 2. The second-order valence-electron chi connectivity index (χ2n) is 7.41. The van der Waals surface area contributed by atoms with Gasteiger partial charge < -0.3 is 14.5 Å². The first-order chi connectivity index (χ1) is 14.4. The lowest BCUT2D eigenvalue weighted by Gasteiger charge is -2.34. The average Bonchev–Trinajstić information content (AvgIpc) is 3.09. The minimum Gasteiger partial charge on any atom is -0.497 e. The van der Waals surface area contributed by atoms with E-state index in [9.17, 15) is 9.59 Å². The maximum atomic E-state index is 13.2. The number of benzene rings is 1. The van der Waals surface area contributed by atoms with Crippen LogP contribution in [0.1, 0.15) is 37.1 Å². The molecule has 1 saturated heterocycles. The van der Waals surface area contributed by atoms with Gasteiger partial charge in [0.15, 0.2) is 0 Å². The molecular formula is C22H24N4O3S. The number of thiophene rings is 1. The van der Waals surface area contributed by atoms with Crippen LogP contribution in [0.3, 0.4) is 0 Å². The SMILES string of the molecule is COc1cccc(C(=O)N2CCN(C(=O)c3sc4nc(C)nc(C)c4c3C)CC2)c1. The molecule has 3 aromatic rings. The summed E-state index contributed by atoms with van der Waals surface area (Å²) < 4.78 is 5.21. The van der Waals surface area contributed by atoms with Gasteiger partial charge in [-0.25, -0.2) is 9.97 Å². The van der Waals surface area contributed by atoms with Crippen molar-refractivity contribution in [3.05, 3.63) is 51.8 Å². The molecule has 0 atom stereocenters. The first-order valence-corrected chi connectivity index (χ1v) is 10.7. The zero-order valence-electron chi connectivity index (χ0n) is 17.6. The minimum absolute atomic E-state index is 0.000956. The second-order valence-corrected chi connectivity index (χ2v) is 8.41. The number of ether oxygens (including phenoxy) is 1. The van der Waals surface area contributed by atoms with Crippen LogP contribution in [-0.4, -0.2) is 64.9 Å². The van der Waals surface area contributed by atoms with Crippen LogP contribution in [0.5, 0.6) is 5.75 Å². The molecule has 8 heteroatoms. The maximum absolute atomic E-state index is 13.2. The highest BCUT2D eigenvalue weighted by molar-refractivity contribution is 7.20. The summed E-state index contributed by atoms with van der Waals surface area (Å²) in [6.07, 6.45) is 0. The van der Waals surface area contributed by atoms with Gasteiger partial charge in [0.25, 0.3) is 11.8 Å². The third-order valence-corrected chi connectivity index (χ3v) is 6.62. The van der Waals surface area contributed by atoms with Gasteiger partial charge in [0, 0.05) is 42.8 Å². The Labute approximate surface area is 179 Å². The predicted molar refractivity (Wildman–Crippen MR) is 116 cm³/mol. The summed E-state index contributed by atoms with van der Waals surface area (Å²) in [6.45, 7) is 7.79. The van der Waals surface area contributed by atoms with Crippen LogP contribution in [0.25, 0.3) is 10.2 Å². The summed E-state index contributed by atoms with van der Waals surface area (Å²) in [5.74, 6) is 1.33. The zero-order valence-corrected chi connectivity index (χ0v) is 18.4. The van der Waals surface area contributed by atoms with Gasteiger partial charge in [-0.2, -0.15) is 0 Å². The van der Waals surface area contributed by atoms with E-state index in [-0.39, 0.29) is 11.8 Å². The molecule has 4 rings (SSSR count). The molecule has 7 nitrogen and oxygen atoms in total. The predicted octanol–water partition coefficient (Wildman–Crippen LogP) is 3.22. The van der Waals surface area contributed by atoms with Gasteiger partial charge in [-0.3, -0.25) is 9.59 Å². The highest BCUT2D eigenvalue weighted by atomic mass is 32.1. The number of methoxy groups -OCH3 is 1. The zero-order chi connectivity index (χ0) is 21.4. The molecule has 156 valence electrons. The summed E-state index contributed by atoms with van der Waals surface area (Å²) in [7, 11) is 1.58. The molecule has 1 fully saturated rings. The van der Waals surface area contributed by atoms with Crippen LogP contribution in [-0.2, 0) is 0 Å². The van der Waals surface area contributed by atoms with E-state index < -0.39 is 0 Å². The second kappa shape index (κ2) is 8.02. The van der Waals surface area contributed by atoms with Crippen molar-refractivity contribution in [1.29, 1.82) is 0 Å². The Balaban J connectivity index is 1.48. The molecule has 1 aliphatic heterocycles. The molecule has 2 aromatic heterocycles. The Morgan fingerprint density at radius 3 is 2.33 bits per heavy atom. The largest absolute Gasteiger partial charge is 0.497 e. The number of hydrogen-bond acceptors (Lipinski definition) is 6. The van der Waals surface area contributed by atoms with Crippen molar-refractivity contribution in [2.75, 3.05) is 33.3 Å². The minimum atomic E-state index is -0.0413. The van der Waals surface area contributed by atoms with Crippen molar-refractivity contribution in [1.82, 2.24) is 19.8 Å². The van der Waals surface area contributed by atoms with Gasteiger partial charge in [-0.1, -0.05) is 6.07 Å². The third-order valence-electron chi connectivity index (χ3n) is 5.45. The standard InChI is InChI=1S/C22H24N4O3S/c1-13-18-14(2)23-15(3)24-20(18)30-19(13)22(28)26-10-8-25(9-11-26)21(27)16-6-5-7-17(12-16)29-4/h5-7,12H,8-11H2,1-4H3. The molecule has 0 aliphatic carbocycles. The number of fused-ring (bicyclic) bond motifs is 1. The molecule has 0 spiro atoms. The van der Waals surface area contributed by atoms with Crippen molar-refractivity contribution >= 4 is 33.4 Å². The number of aromatic nitrogens is 2. The lowest BCUT2D eigenvalue weighted by molar-refractivity contribution is 0.0537. The lowest BCUT2D eigenvalue weighted by atomic mass is 10.1. The highest BCUT2D eigenvalue weighted by Gasteiger charge is 2.28. The number of nitrogens with zero attached hydrogens (tertiary/aromatic N) is 4. The van der Waals surface area contributed by atoms with E-state index in [0.717, 1.165) is 21.5 Å². The van der Waals surface area contributed by atoms with E-state index in [4.69, 9.17) is 4.74 Å². The van der Waals surface area contributed by atoms with E-state index >= 15 is 0 Å². The number of aryl methyl sites for hydroxylation is 3. The van der Waals surface area contributed by atoms with Crippen molar-refractivity contribution in [3.63, 3.8) is 0 Å². The molecule has 0 saturated carbocycles. The quantitative estimate of drug-likeness (QED) is 0.645. The first kappa shape index (κ1) is 20.3. The van der Waals surface area contributed by atoms with E-state index in [0.29, 0.717) is 48.2 Å². The van der Waals surface area contributed by atoms with Crippen molar-refractivity contribution in [2.45, 2.75) is 20.8 Å². The summed E-state index contributed by atoms with van der Waals surface area (Å²) >= 11 is 1.43. The van der Waals surface area contributed by atoms with Crippen LogP contribution in [0.2, 0.25) is 0 Å².